The Morgan fingerprint density at radius 1 is 1.00 bits per heavy atom. The Bertz CT molecular complexity index is 732. The van der Waals surface area contributed by atoms with Crippen LogP contribution in [0.5, 0.6) is 0 Å². The molecule has 1 heterocycles. The van der Waals surface area contributed by atoms with Gasteiger partial charge >= 0.3 is 0 Å². The Balaban J connectivity index is 1.97. The molecule has 100 valence electrons. The minimum absolute atomic E-state index is 0.744. The van der Waals surface area contributed by atoms with Crippen molar-refractivity contribution in [3.05, 3.63) is 66.4 Å². The summed E-state index contributed by atoms with van der Waals surface area (Å²) < 4.78 is 0. The van der Waals surface area contributed by atoms with Gasteiger partial charge in [0.15, 0.2) is 0 Å². The van der Waals surface area contributed by atoms with Crippen molar-refractivity contribution in [1.82, 2.24) is 4.98 Å². The van der Waals surface area contributed by atoms with Crippen LogP contribution in [0.25, 0.3) is 10.8 Å². The Morgan fingerprint density at radius 2 is 1.75 bits per heavy atom. The molecule has 0 aliphatic carbocycles. The topological polar surface area (TPSA) is 42.1 Å². The molecule has 2 N–H and O–H groups in total. The smallest absolute Gasteiger partial charge is 0.136 e. The molecule has 1 aromatic heterocycles. The van der Waals surface area contributed by atoms with Crippen LogP contribution in [0.2, 0.25) is 0 Å². The minimum Gasteiger partial charge on any atom is -0.398 e. The van der Waals surface area contributed by atoms with Crippen molar-refractivity contribution < 1.29 is 0 Å². The van der Waals surface area contributed by atoms with Crippen molar-refractivity contribution in [2.24, 2.45) is 0 Å². The number of pyridine rings is 1. The lowest BCUT2D eigenvalue weighted by Crippen LogP contribution is -2.18. The van der Waals surface area contributed by atoms with E-state index in [-0.39, 0.29) is 0 Å². The second-order valence-electron chi connectivity index (χ2n) is 4.91. The highest BCUT2D eigenvalue weighted by molar-refractivity contribution is 5.91. The van der Waals surface area contributed by atoms with Gasteiger partial charge in [-0.1, -0.05) is 42.5 Å². The van der Waals surface area contributed by atoms with Crippen molar-refractivity contribution in [2.45, 2.75) is 6.54 Å². The summed E-state index contributed by atoms with van der Waals surface area (Å²) in [5.41, 5.74) is 7.95. The third kappa shape index (κ3) is 2.30. The van der Waals surface area contributed by atoms with Gasteiger partial charge in [0.05, 0.1) is 0 Å². The highest BCUT2D eigenvalue weighted by atomic mass is 15.2. The first kappa shape index (κ1) is 12.5. The molecule has 0 saturated heterocycles. The number of rotatable bonds is 3. The van der Waals surface area contributed by atoms with E-state index in [1.54, 1.807) is 0 Å². The van der Waals surface area contributed by atoms with Gasteiger partial charge in [0.1, 0.15) is 5.82 Å². The van der Waals surface area contributed by atoms with Crippen LogP contribution in [0.3, 0.4) is 0 Å². The Labute approximate surface area is 118 Å². The molecule has 0 saturated carbocycles. The summed E-state index contributed by atoms with van der Waals surface area (Å²) in [6.45, 7) is 0.744. The lowest BCUT2D eigenvalue weighted by Gasteiger charge is -2.20. The number of fused-ring (bicyclic) bond motifs is 1. The van der Waals surface area contributed by atoms with Crippen molar-refractivity contribution in [1.29, 1.82) is 0 Å². The number of benzene rings is 2. The van der Waals surface area contributed by atoms with Gasteiger partial charge in [0.2, 0.25) is 0 Å². The van der Waals surface area contributed by atoms with Gasteiger partial charge in [-0.2, -0.15) is 0 Å². The van der Waals surface area contributed by atoms with E-state index in [0.717, 1.165) is 29.0 Å². The van der Waals surface area contributed by atoms with Gasteiger partial charge < -0.3 is 10.6 Å². The first-order chi connectivity index (χ1) is 9.75. The fourth-order valence-corrected chi connectivity index (χ4v) is 2.42. The lowest BCUT2D eigenvalue weighted by atomic mass is 10.1. The molecular weight excluding hydrogens is 246 g/mol. The van der Waals surface area contributed by atoms with Gasteiger partial charge in [-0.3, -0.25) is 0 Å². The van der Waals surface area contributed by atoms with E-state index < -0.39 is 0 Å². The Morgan fingerprint density at radius 3 is 2.60 bits per heavy atom. The highest BCUT2D eigenvalue weighted by Crippen LogP contribution is 2.25. The van der Waals surface area contributed by atoms with E-state index in [1.165, 1.54) is 5.39 Å². The maximum atomic E-state index is 6.01. The molecule has 0 spiro atoms. The zero-order chi connectivity index (χ0) is 13.9. The van der Waals surface area contributed by atoms with E-state index in [0.29, 0.717) is 0 Å². The van der Waals surface area contributed by atoms with Gasteiger partial charge in [-0.05, 0) is 23.1 Å². The maximum Gasteiger partial charge on any atom is 0.136 e. The van der Waals surface area contributed by atoms with Gasteiger partial charge in [0.25, 0.3) is 0 Å². The van der Waals surface area contributed by atoms with E-state index in [1.807, 2.05) is 49.6 Å². The lowest BCUT2D eigenvalue weighted by molar-refractivity contribution is 0.907. The van der Waals surface area contributed by atoms with Gasteiger partial charge in [-0.15, -0.1) is 0 Å². The predicted octanol–water partition coefficient (Wildman–Crippen LogP) is 3.45. The molecule has 0 radical (unpaired) electrons. The Hall–Kier alpha value is -2.55. The largest absolute Gasteiger partial charge is 0.398 e. The van der Waals surface area contributed by atoms with E-state index in [9.17, 15) is 0 Å². The average Bonchev–Trinajstić information content (AvgIpc) is 2.49. The molecule has 0 atom stereocenters. The van der Waals surface area contributed by atoms with Crippen molar-refractivity contribution in [3.8, 4) is 0 Å². The van der Waals surface area contributed by atoms with Crippen LogP contribution in [0, 0.1) is 0 Å². The number of hydrogen-bond acceptors (Lipinski definition) is 3. The molecule has 3 aromatic rings. The average molecular weight is 263 g/mol. The quantitative estimate of drug-likeness (QED) is 0.736. The number of nitrogen functional groups attached to an aromatic ring is 1. The summed E-state index contributed by atoms with van der Waals surface area (Å²) in [5.74, 6) is 0.978. The fourth-order valence-electron chi connectivity index (χ4n) is 2.42. The van der Waals surface area contributed by atoms with Crippen LogP contribution in [0.15, 0.2) is 60.8 Å². The van der Waals surface area contributed by atoms with Crippen LogP contribution in [0.1, 0.15) is 5.56 Å². The monoisotopic (exact) mass is 263 g/mol. The van der Waals surface area contributed by atoms with Crippen LogP contribution in [0.4, 0.5) is 11.5 Å². The summed E-state index contributed by atoms with van der Waals surface area (Å²) in [5, 5.41) is 2.36. The zero-order valence-corrected chi connectivity index (χ0v) is 11.5. The first-order valence-electron chi connectivity index (χ1n) is 6.64. The molecule has 0 unspecified atom stereocenters. The third-order valence-electron chi connectivity index (χ3n) is 3.48. The maximum absolute atomic E-state index is 6.01. The summed E-state index contributed by atoms with van der Waals surface area (Å²) >= 11 is 0. The normalized spacial score (nSPS) is 10.7. The molecule has 0 fully saturated rings. The predicted molar refractivity (Wildman–Crippen MR) is 84.7 cm³/mol. The van der Waals surface area contributed by atoms with Gasteiger partial charge in [0, 0.05) is 30.9 Å². The van der Waals surface area contributed by atoms with E-state index in [2.05, 4.69) is 28.1 Å². The molecule has 0 amide bonds. The molecule has 3 heteroatoms. The van der Waals surface area contributed by atoms with Crippen LogP contribution < -0.4 is 10.6 Å². The summed E-state index contributed by atoms with van der Waals surface area (Å²) in [6, 6.07) is 18.3. The molecular formula is C17H17N3. The summed E-state index contributed by atoms with van der Waals surface area (Å²) in [6.07, 6.45) is 1.85. The number of anilines is 2. The summed E-state index contributed by atoms with van der Waals surface area (Å²) in [4.78, 5) is 6.65. The first-order valence-corrected chi connectivity index (χ1v) is 6.64. The summed E-state index contributed by atoms with van der Waals surface area (Å²) in [7, 11) is 2.04. The number of nitrogens with two attached hydrogens (primary N) is 1. The zero-order valence-electron chi connectivity index (χ0n) is 11.5. The Kier molecular flexibility index (Phi) is 3.25. The third-order valence-corrected chi connectivity index (χ3v) is 3.48. The van der Waals surface area contributed by atoms with Crippen molar-refractivity contribution >= 4 is 22.3 Å². The second-order valence-corrected chi connectivity index (χ2v) is 4.91. The van der Waals surface area contributed by atoms with E-state index in [4.69, 9.17) is 5.73 Å². The molecule has 20 heavy (non-hydrogen) atoms. The minimum atomic E-state index is 0.744. The SMILES string of the molecule is CN(Cc1ccccc1N)c1nccc2ccccc12. The second kappa shape index (κ2) is 5.21. The van der Waals surface area contributed by atoms with Crippen molar-refractivity contribution in [2.75, 3.05) is 17.7 Å². The van der Waals surface area contributed by atoms with Crippen molar-refractivity contribution in [3.63, 3.8) is 0 Å². The van der Waals surface area contributed by atoms with Gasteiger partial charge in [-0.25, -0.2) is 4.98 Å². The van der Waals surface area contributed by atoms with E-state index >= 15 is 0 Å². The number of nitrogens with zero attached hydrogens (tertiary/aromatic N) is 2. The molecule has 0 aliphatic rings. The molecule has 3 nitrogen and oxygen atoms in total. The standard InChI is InChI=1S/C17H17N3/c1-20(12-14-7-3-5-9-16(14)18)17-15-8-4-2-6-13(15)10-11-19-17/h2-11H,12,18H2,1H3. The molecule has 2 aromatic carbocycles. The molecule has 0 aliphatic heterocycles. The van der Waals surface area contributed by atoms with Crippen LogP contribution in [-0.2, 0) is 6.54 Å². The number of aromatic nitrogens is 1. The highest BCUT2D eigenvalue weighted by Gasteiger charge is 2.09. The molecule has 0 bridgehead atoms. The molecule has 3 rings (SSSR count). The van der Waals surface area contributed by atoms with Crippen LogP contribution in [-0.4, -0.2) is 12.0 Å². The number of hydrogen-bond donors (Lipinski definition) is 1. The fraction of sp³-hybridized carbons (Fsp3) is 0.118. The number of para-hydroxylation sites is 1. The van der Waals surface area contributed by atoms with Crippen LogP contribution >= 0.6 is 0 Å².